The normalized spacial score (nSPS) is 19.1. The van der Waals surface area contributed by atoms with Gasteiger partial charge in [-0.05, 0) is 50.9 Å². The van der Waals surface area contributed by atoms with Crippen LogP contribution in [0.4, 0.5) is 11.5 Å². The molecule has 1 aliphatic carbocycles. The molecule has 170 valence electrons. The van der Waals surface area contributed by atoms with Gasteiger partial charge in [-0.2, -0.15) is 0 Å². The monoisotopic (exact) mass is 478 g/mol. The summed E-state index contributed by atoms with van der Waals surface area (Å²) < 4.78 is 5.08. The summed E-state index contributed by atoms with van der Waals surface area (Å²) in [6, 6.07) is 30.8. The predicted molar refractivity (Wildman–Crippen MR) is 154 cm³/mol. The zero-order valence-electron chi connectivity index (χ0n) is 19.3. The molecule has 1 aliphatic heterocycles. The van der Waals surface area contributed by atoms with Crippen LogP contribution < -0.4 is 5.32 Å². The van der Waals surface area contributed by atoms with Gasteiger partial charge in [-0.25, -0.2) is 0 Å². The Kier molecular flexibility index (Phi) is 3.52. The van der Waals surface area contributed by atoms with Crippen molar-refractivity contribution in [2.45, 2.75) is 12.1 Å². The van der Waals surface area contributed by atoms with Gasteiger partial charge in [0.25, 0.3) is 0 Å². The average Bonchev–Trinajstić information content (AvgIpc) is 3.57. The second-order valence-corrected chi connectivity index (χ2v) is 10.9. The topological polar surface area (TPSA) is 30.5 Å². The van der Waals surface area contributed by atoms with Crippen molar-refractivity contribution in [3.63, 3.8) is 0 Å². The van der Waals surface area contributed by atoms with Crippen LogP contribution in [-0.4, -0.2) is 16.5 Å². The van der Waals surface area contributed by atoms with E-state index in [0.717, 1.165) is 11.5 Å². The molecule has 3 aromatic heterocycles. The van der Waals surface area contributed by atoms with Crippen molar-refractivity contribution in [1.82, 2.24) is 4.40 Å². The molecule has 3 nitrogen and oxygen atoms in total. The van der Waals surface area contributed by atoms with Gasteiger partial charge >= 0.3 is 0 Å². The Labute approximate surface area is 211 Å². The van der Waals surface area contributed by atoms with Crippen LogP contribution in [0.2, 0.25) is 0 Å². The van der Waals surface area contributed by atoms with E-state index < -0.39 is 0 Å². The Morgan fingerprint density at radius 2 is 1.58 bits per heavy atom. The van der Waals surface area contributed by atoms with Crippen molar-refractivity contribution in [2.24, 2.45) is 0 Å². The highest BCUT2D eigenvalue weighted by atomic mass is 32.1. The predicted octanol–water partition coefficient (Wildman–Crippen LogP) is 8.87. The van der Waals surface area contributed by atoms with Crippen molar-refractivity contribution < 1.29 is 0 Å². The van der Waals surface area contributed by atoms with Crippen LogP contribution in [0.3, 0.4) is 0 Å². The molecule has 4 aromatic carbocycles. The first-order chi connectivity index (χ1) is 17.8. The third kappa shape index (κ3) is 2.32. The minimum atomic E-state index is 0.0522. The fourth-order valence-electron chi connectivity index (χ4n) is 6.33. The van der Waals surface area contributed by atoms with Crippen LogP contribution in [0.15, 0.2) is 103 Å². The lowest BCUT2D eigenvalue weighted by atomic mass is 9.92. The lowest BCUT2D eigenvalue weighted by molar-refractivity contribution is 0.794. The van der Waals surface area contributed by atoms with Gasteiger partial charge in [0.1, 0.15) is 0 Å². The molecule has 1 N–H and O–H groups in total. The average molecular weight is 479 g/mol. The summed E-state index contributed by atoms with van der Waals surface area (Å²) in [5.74, 6) is 1.04. The zero-order chi connectivity index (χ0) is 23.4. The summed E-state index contributed by atoms with van der Waals surface area (Å²) in [5, 5.41) is 15.9. The molecule has 4 heterocycles. The highest BCUT2D eigenvalue weighted by molar-refractivity contribution is 7.26. The van der Waals surface area contributed by atoms with E-state index in [4.69, 9.17) is 5.32 Å². The van der Waals surface area contributed by atoms with E-state index in [-0.39, 0.29) is 12.1 Å². The van der Waals surface area contributed by atoms with E-state index in [2.05, 4.69) is 113 Å². The van der Waals surface area contributed by atoms with Gasteiger partial charge in [0, 0.05) is 37.3 Å². The molecule has 2 aliphatic rings. The van der Waals surface area contributed by atoms with Crippen molar-refractivity contribution >= 4 is 75.8 Å². The molecule has 0 radical (unpaired) electrons. The number of aromatic nitrogens is 1. The second kappa shape index (κ2) is 6.68. The quantitative estimate of drug-likeness (QED) is 0.251. The van der Waals surface area contributed by atoms with Gasteiger partial charge in [-0.3, -0.25) is 0 Å². The maximum absolute atomic E-state index is 5.40. The minimum Gasteiger partial charge on any atom is -0.454 e. The number of thiophene rings is 1. The van der Waals surface area contributed by atoms with Crippen molar-refractivity contribution in [3.05, 3.63) is 114 Å². The smallest absolute Gasteiger partial charge is 0.0504 e. The third-order valence-electron chi connectivity index (χ3n) is 7.87. The maximum Gasteiger partial charge on any atom is 0.0504 e. The van der Waals surface area contributed by atoms with Crippen molar-refractivity contribution in [2.75, 3.05) is 5.32 Å². The van der Waals surface area contributed by atoms with Crippen molar-refractivity contribution in [3.8, 4) is 0 Å². The van der Waals surface area contributed by atoms with E-state index in [9.17, 15) is 0 Å². The number of nitrogens with zero attached hydrogens (tertiary/aromatic N) is 2. The number of rotatable bonds is 1. The Morgan fingerprint density at radius 3 is 2.50 bits per heavy atom. The summed E-state index contributed by atoms with van der Waals surface area (Å²) in [7, 11) is 0. The molecule has 4 heteroatoms. The number of para-hydroxylation sites is 1. The van der Waals surface area contributed by atoms with E-state index >= 15 is 0 Å². The number of fused-ring (bicyclic) bond motifs is 11. The van der Waals surface area contributed by atoms with E-state index in [1.165, 1.54) is 58.5 Å². The maximum atomic E-state index is 5.40. The van der Waals surface area contributed by atoms with Gasteiger partial charge in [-0.15, -0.1) is 11.3 Å². The molecule has 0 saturated carbocycles. The molecule has 0 amide bonds. The number of allylic oxidation sites excluding steroid dienone is 2. The third-order valence-corrected chi connectivity index (χ3v) is 8.99. The first kappa shape index (κ1) is 19.0. The van der Waals surface area contributed by atoms with Crippen LogP contribution in [0.25, 0.3) is 58.3 Å². The number of hydrogen-bond acceptors (Lipinski definition) is 2. The number of hydrogen-bond donors (Lipinski definition) is 1. The minimum absolute atomic E-state index is 0.0522. The van der Waals surface area contributed by atoms with Crippen LogP contribution in [-0.2, 0) is 0 Å². The largest absolute Gasteiger partial charge is 0.454 e. The Hall–Kier alpha value is -4.28. The summed E-state index contributed by atoms with van der Waals surface area (Å²) >= 11 is 1.89. The van der Waals surface area contributed by atoms with Crippen LogP contribution in [0.5, 0.6) is 0 Å². The van der Waals surface area contributed by atoms with Crippen molar-refractivity contribution in [1.29, 1.82) is 0 Å². The Bertz CT molecular complexity index is 2060. The summed E-state index contributed by atoms with van der Waals surface area (Å²) in [6.07, 6.45) is 6.83. The molecule has 0 spiro atoms. The molecule has 2 unspecified atom stereocenters. The van der Waals surface area contributed by atoms with Gasteiger partial charge in [0.05, 0.1) is 6.04 Å². The lowest BCUT2D eigenvalue weighted by Gasteiger charge is -2.39. The molecular formula is C32H20N3S-. The fourth-order valence-corrected chi connectivity index (χ4v) is 7.48. The molecular weight excluding hydrogens is 458 g/mol. The first-order valence-electron chi connectivity index (χ1n) is 12.4. The zero-order valence-corrected chi connectivity index (χ0v) is 20.1. The molecule has 7 aromatic rings. The SMILES string of the molecule is C1=CC2Nc3c(n4c5ccccc5c5c6c(cc3c54)sc3ccccc36)[N-]C2C=C1c1ccccc1. The molecule has 2 atom stereocenters. The van der Waals surface area contributed by atoms with Crippen LogP contribution >= 0.6 is 11.3 Å². The molecule has 0 saturated heterocycles. The van der Waals surface area contributed by atoms with E-state index in [1.807, 2.05) is 11.3 Å². The summed E-state index contributed by atoms with van der Waals surface area (Å²) in [6.45, 7) is 0. The Morgan fingerprint density at radius 1 is 0.778 bits per heavy atom. The standard InChI is InChI=1S/C32H20N3S/c1-2-8-18(9-3-1)19-14-15-23-24(16-19)34-32-30(33-23)22-17-27-28(21-11-5-7-13-26(21)36-27)29-20-10-4-6-12-25(20)35(32)31(22)29/h1-17,23-24,33H/q-1. The summed E-state index contributed by atoms with van der Waals surface area (Å²) in [4.78, 5) is 0. The van der Waals surface area contributed by atoms with Gasteiger partial charge < -0.3 is 15.0 Å². The number of anilines is 1. The molecule has 36 heavy (non-hydrogen) atoms. The number of nitrogens with one attached hydrogen (secondary N) is 1. The van der Waals surface area contributed by atoms with E-state index in [1.54, 1.807) is 0 Å². The lowest BCUT2D eigenvalue weighted by Crippen LogP contribution is -2.34. The molecule has 0 fully saturated rings. The second-order valence-electron chi connectivity index (χ2n) is 9.81. The molecule has 0 bridgehead atoms. The summed E-state index contributed by atoms with van der Waals surface area (Å²) in [5.41, 5.74) is 6.13. The first-order valence-corrected chi connectivity index (χ1v) is 13.2. The number of benzene rings is 4. The highest BCUT2D eigenvalue weighted by Gasteiger charge is 2.28. The molecule has 9 rings (SSSR count). The van der Waals surface area contributed by atoms with Gasteiger partial charge in [0.15, 0.2) is 0 Å². The Balaban J connectivity index is 1.35. The fraction of sp³-hybridized carbons (Fsp3) is 0.0625. The van der Waals surface area contributed by atoms with Crippen LogP contribution in [0, 0.1) is 0 Å². The van der Waals surface area contributed by atoms with Gasteiger partial charge in [0.2, 0.25) is 0 Å². The van der Waals surface area contributed by atoms with E-state index in [0.29, 0.717) is 0 Å². The van der Waals surface area contributed by atoms with Crippen LogP contribution in [0.1, 0.15) is 5.56 Å². The van der Waals surface area contributed by atoms with Gasteiger partial charge in [-0.1, -0.05) is 91.0 Å². The highest BCUT2D eigenvalue weighted by Crippen LogP contribution is 2.53.